The standard InChI is InChI=1S/C11H10BrNS/c12-6-2-1-3-9-4-5-10-11(7-9)14-8-13-10/h1,3-5,7-8H,2,6H2. The highest BCUT2D eigenvalue weighted by Crippen LogP contribution is 2.19. The Hall–Kier alpha value is -0.670. The van der Waals surface area contributed by atoms with E-state index in [2.05, 4.69) is 51.3 Å². The van der Waals surface area contributed by atoms with E-state index in [9.17, 15) is 0 Å². The van der Waals surface area contributed by atoms with Gasteiger partial charge in [0.2, 0.25) is 0 Å². The van der Waals surface area contributed by atoms with E-state index in [4.69, 9.17) is 0 Å². The van der Waals surface area contributed by atoms with Gasteiger partial charge in [0.05, 0.1) is 15.7 Å². The summed E-state index contributed by atoms with van der Waals surface area (Å²) in [4.78, 5) is 4.24. The van der Waals surface area contributed by atoms with Crippen LogP contribution in [0.4, 0.5) is 0 Å². The van der Waals surface area contributed by atoms with Crippen LogP contribution >= 0.6 is 27.3 Å². The van der Waals surface area contributed by atoms with E-state index in [0.29, 0.717) is 0 Å². The number of rotatable bonds is 3. The van der Waals surface area contributed by atoms with E-state index in [1.54, 1.807) is 11.3 Å². The van der Waals surface area contributed by atoms with E-state index in [-0.39, 0.29) is 0 Å². The predicted octanol–water partition coefficient (Wildman–Crippen LogP) is 4.09. The van der Waals surface area contributed by atoms with Crippen LogP contribution in [0.25, 0.3) is 16.3 Å². The molecule has 0 amide bonds. The van der Waals surface area contributed by atoms with Crippen molar-refractivity contribution in [3.8, 4) is 0 Å². The van der Waals surface area contributed by atoms with Crippen molar-refractivity contribution in [1.82, 2.24) is 4.98 Å². The summed E-state index contributed by atoms with van der Waals surface area (Å²) in [5.74, 6) is 0. The molecule has 0 bridgehead atoms. The molecule has 0 N–H and O–H groups in total. The number of hydrogen-bond donors (Lipinski definition) is 0. The smallest absolute Gasteiger partial charge is 0.0812 e. The zero-order chi connectivity index (χ0) is 9.80. The highest BCUT2D eigenvalue weighted by Gasteiger charge is 1.95. The van der Waals surface area contributed by atoms with Crippen molar-refractivity contribution >= 4 is 43.6 Å². The Morgan fingerprint density at radius 1 is 1.43 bits per heavy atom. The van der Waals surface area contributed by atoms with Crippen molar-refractivity contribution in [3.63, 3.8) is 0 Å². The number of benzene rings is 1. The second-order valence-electron chi connectivity index (χ2n) is 2.96. The topological polar surface area (TPSA) is 12.9 Å². The fraction of sp³-hybridized carbons (Fsp3) is 0.182. The number of thiazole rings is 1. The summed E-state index contributed by atoms with van der Waals surface area (Å²) in [5.41, 5.74) is 4.23. The first-order valence-electron chi connectivity index (χ1n) is 4.46. The lowest BCUT2D eigenvalue weighted by atomic mass is 10.2. The first-order valence-corrected chi connectivity index (χ1v) is 6.46. The molecule has 14 heavy (non-hydrogen) atoms. The second-order valence-corrected chi connectivity index (χ2v) is 4.64. The first-order chi connectivity index (χ1) is 6.90. The summed E-state index contributed by atoms with van der Waals surface area (Å²) in [6, 6.07) is 6.35. The van der Waals surface area contributed by atoms with Gasteiger partial charge in [-0.25, -0.2) is 4.98 Å². The lowest BCUT2D eigenvalue weighted by molar-refractivity contribution is 1.27. The van der Waals surface area contributed by atoms with Crippen LogP contribution in [0.15, 0.2) is 29.8 Å². The summed E-state index contributed by atoms with van der Waals surface area (Å²) in [7, 11) is 0. The molecule has 1 aromatic heterocycles. The number of alkyl halides is 1. The molecule has 2 aromatic rings. The molecular formula is C11H10BrNS. The fourth-order valence-corrected chi connectivity index (χ4v) is 2.25. The van der Waals surface area contributed by atoms with Crippen LogP contribution in [0.2, 0.25) is 0 Å². The average molecular weight is 268 g/mol. The maximum absolute atomic E-state index is 4.24. The molecule has 0 aliphatic heterocycles. The van der Waals surface area contributed by atoms with Crippen LogP contribution in [0.3, 0.4) is 0 Å². The minimum Gasteiger partial charge on any atom is -0.245 e. The van der Waals surface area contributed by atoms with E-state index in [0.717, 1.165) is 17.3 Å². The lowest BCUT2D eigenvalue weighted by Crippen LogP contribution is -1.72. The molecule has 0 atom stereocenters. The normalized spacial score (nSPS) is 11.5. The maximum Gasteiger partial charge on any atom is 0.0812 e. The molecule has 0 radical (unpaired) electrons. The van der Waals surface area contributed by atoms with E-state index in [1.165, 1.54) is 10.3 Å². The highest BCUT2D eigenvalue weighted by molar-refractivity contribution is 9.09. The number of fused-ring (bicyclic) bond motifs is 1. The Morgan fingerprint density at radius 2 is 2.36 bits per heavy atom. The van der Waals surface area contributed by atoms with Crippen molar-refractivity contribution < 1.29 is 0 Å². The highest BCUT2D eigenvalue weighted by atomic mass is 79.9. The van der Waals surface area contributed by atoms with Gasteiger partial charge in [-0.05, 0) is 24.1 Å². The molecule has 0 fully saturated rings. The van der Waals surface area contributed by atoms with Gasteiger partial charge >= 0.3 is 0 Å². The van der Waals surface area contributed by atoms with Gasteiger partial charge in [-0.15, -0.1) is 11.3 Å². The molecular weight excluding hydrogens is 258 g/mol. The zero-order valence-corrected chi connectivity index (χ0v) is 10.0. The van der Waals surface area contributed by atoms with Crippen LogP contribution in [0, 0.1) is 0 Å². The molecule has 2 rings (SSSR count). The third-order valence-electron chi connectivity index (χ3n) is 1.94. The van der Waals surface area contributed by atoms with E-state index >= 15 is 0 Å². The minimum absolute atomic E-state index is 1.02. The van der Waals surface area contributed by atoms with Crippen LogP contribution in [-0.4, -0.2) is 10.3 Å². The van der Waals surface area contributed by atoms with Crippen LogP contribution in [-0.2, 0) is 0 Å². The number of halogens is 1. The van der Waals surface area contributed by atoms with Gasteiger partial charge in [-0.2, -0.15) is 0 Å². The van der Waals surface area contributed by atoms with E-state index in [1.807, 2.05) is 5.51 Å². The van der Waals surface area contributed by atoms with Crippen LogP contribution in [0.1, 0.15) is 12.0 Å². The van der Waals surface area contributed by atoms with Crippen molar-refractivity contribution in [2.45, 2.75) is 6.42 Å². The molecule has 1 heterocycles. The summed E-state index contributed by atoms with van der Waals surface area (Å²) in [5, 5.41) is 1.02. The molecule has 1 aromatic carbocycles. The summed E-state index contributed by atoms with van der Waals surface area (Å²) >= 11 is 5.08. The minimum atomic E-state index is 1.02. The Morgan fingerprint density at radius 3 is 3.21 bits per heavy atom. The average Bonchev–Trinajstić information content (AvgIpc) is 2.65. The van der Waals surface area contributed by atoms with Crippen LogP contribution in [0.5, 0.6) is 0 Å². The monoisotopic (exact) mass is 267 g/mol. The van der Waals surface area contributed by atoms with Crippen molar-refractivity contribution in [2.75, 3.05) is 5.33 Å². The Labute approximate surface area is 95.6 Å². The molecule has 0 saturated carbocycles. The van der Waals surface area contributed by atoms with Crippen molar-refractivity contribution in [2.24, 2.45) is 0 Å². The number of allylic oxidation sites excluding steroid dienone is 1. The second kappa shape index (κ2) is 4.71. The number of hydrogen-bond acceptors (Lipinski definition) is 2. The third-order valence-corrected chi connectivity index (χ3v) is 3.19. The molecule has 0 saturated heterocycles. The molecule has 72 valence electrons. The lowest BCUT2D eigenvalue weighted by Gasteiger charge is -1.92. The summed E-state index contributed by atoms with van der Waals surface area (Å²) in [6.45, 7) is 0. The molecule has 0 unspecified atom stereocenters. The number of aromatic nitrogens is 1. The van der Waals surface area contributed by atoms with Gasteiger partial charge in [0, 0.05) is 5.33 Å². The van der Waals surface area contributed by atoms with Gasteiger partial charge < -0.3 is 0 Å². The van der Waals surface area contributed by atoms with Gasteiger partial charge in [0.25, 0.3) is 0 Å². The molecule has 1 nitrogen and oxygen atoms in total. The summed E-state index contributed by atoms with van der Waals surface area (Å²) in [6.07, 6.45) is 5.40. The van der Waals surface area contributed by atoms with Gasteiger partial charge in [0.15, 0.2) is 0 Å². The Bertz CT molecular complexity index is 447. The van der Waals surface area contributed by atoms with Crippen molar-refractivity contribution in [3.05, 3.63) is 35.3 Å². The zero-order valence-electron chi connectivity index (χ0n) is 7.61. The number of nitrogens with zero attached hydrogens (tertiary/aromatic N) is 1. The summed E-state index contributed by atoms with van der Waals surface area (Å²) < 4.78 is 1.26. The molecule has 3 heteroatoms. The van der Waals surface area contributed by atoms with Gasteiger partial charge in [-0.1, -0.05) is 34.1 Å². The van der Waals surface area contributed by atoms with Crippen molar-refractivity contribution in [1.29, 1.82) is 0 Å². The molecule has 0 aliphatic carbocycles. The largest absolute Gasteiger partial charge is 0.245 e. The quantitative estimate of drug-likeness (QED) is 0.764. The van der Waals surface area contributed by atoms with Gasteiger partial charge in [-0.3, -0.25) is 0 Å². The maximum atomic E-state index is 4.24. The van der Waals surface area contributed by atoms with E-state index < -0.39 is 0 Å². The fourth-order valence-electron chi connectivity index (χ4n) is 1.26. The SMILES string of the molecule is BrCCC=Cc1ccc2ncsc2c1. The first kappa shape index (κ1) is 9.87. The Balaban J connectivity index is 2.25. The third kappa shape index (κ3) is 2.22. The molecule has 0 aliphatic rings. The molecule has 0 spiro atoms. The predicted molar refractivity (Wildman–Crippen MR) is 67.1 cm³/mol. The Kier molecular flexibility index (Phi) is 3.32. The van der Waals surface area contributed by atoms with Crippen LogP contribution < -0.4 is 0 Å². The van der Waals surface area contributed by atoms with Gasteiger partial charge in [0.1, 0.15) is 0 Å².